The highest BCUT2D eigenvalue weighted by Crippen LogP contribution is 2.41. The van der Waals surface area contributed by atoms with E-state index in [2.05, 4.69) is 10.4 Å². The molecule has 0 radical (unpaired) electrons. The average Bonchev–Trinajstić information content (AvgIpc) is 3.20. The molecule has 10 heteroatoms. The van der Waals surface area contributed by atoms with Crippen molar-refractivity contribution in [3.63, 3.8) is 0 Å². The number of halogens is 2. The average molecular weight is 514 g/mol. The number of hydrogen-bond acceptors (Lipinski definition) is 5. The predicted molar refractivity (Wildman–Crippen MR) is 133 cm³/mol. The van der Waals surface area contributed by atoms with E-state index in [4.69, 9.17) is 9.47 Å². The highest BCUT2D eigenvalue weighted by atomic mass is 19.2. The highest BCUT2D eigenvalue weighted by Gasteiger charge is 2.29. The third-order valence-electron chi connectivity index (χ3n) is 6.02. The van der Waals surface area contributed by atoms with Gasteiger partial charge < -0.3 is 19.9 Å². The minimum Gasteiger partial charge on any atom is -0.496 e. The Bertz CT molecular complexity index is 1360. The number of nitrogens with one attached hydrogen (secondary N) is 1. The van der Waals surface area contributed by atoms with Gasteiger partial charge in [-0.3, -0.25) is 4.68 Å². The van der Waals surface area contributed by atoms with Crippen LogP contribution in [0.25, 0.3) is 22.4 Å². The molecule has 0 spiro atoms. The molecule has 0 saturated carbocycles. The number of ether oxygens (including phenoxy) is 2. The van der Waals surface area contributed by atoms with Gasteiger partial charge in [-0.2, -0.15) is 5.10 Å². The van der Waals surface area contributed by atoms with Gasteiger partial charge in [0.15, 0.2) is 11.6 Å². The molecule has 3 aromatic rings. The van der Waals surface area contributed by atoms with Crippen LogP contribution in [0, 0.1) is 11.6 Å². The van der Waals surface area contributed by atoms with E-state index in [1.807, 2.05) is 6.07 Å². The fourth-order valence-electron chi connectivity index (χ4n) is 4.45. The molecule has 1 heterocycles. The van der Waals surface area contributed by atoms with Crippen LogP contribution in [0.4, 0.5) is 13.6 Å². The van der Waals surface area contributed by atoms with E-state index < -0.39 is 29.3 Å². The number of carboxylic acids is 1. The van der Waals surface area contributed by atoms with Crippen molar-refractivity contribution < 1.29 is 33.0 Å². The number of alkyl carbamates (subject to hydrolysis) is 1. The first-order chi connectivity index (χ1) is 17.5. The quantitative estimate of drug-likeness (QED) is 0.420. The van der Waals surface area contributed by atoms with E-state index >= 15 is 0 Å². The molecule has 1 aromatic heterocycles. The van der Waals surface area contributed by atoms with Crippen molar-refractivity contribution in [3.05, 3.63) is 58.8 Å². The summed E-state index contributed by atoms with van der Waals surface area (Å²) in [6.07, 6.45) is 0.949. The molecule has 0 atom stereocenters. The molecule has 8 nitrogen and oxygen atoms in total. The number of aromatic nitrogens is 2. The number of amides is 1. The number of carbonyl (C=O) groups excluding carboxylic acids is 1. The molecule has 4 rings (SSSR count). The van der Waals surface area contributed by atoms with Crippen molar-refractivity contribution in [2.75, 3.05) is 13.7 Å². The van der Waals surface area contributed by atoms with Crippen LogP contribution in [0.3, 0.4) is 0 Å². The lowest BCUT2D eigenvalue weighted by atomic mass is 9.86. The number of rotatable bonds is 7. The van der Waals surface area contributed by atoms with Crippen molar-refractivity contribution in [1.29, 1.82) is 0 Å². The van der Waals surface area contributed by atoms with Crippen LogP contribution in [-0.2, 0) is 24.1 Å². The summed E-state index contributed by atoms with van der Waals surface area (Å²) in [4.78, 5) is 24.1. The smallest absolute Gasteiger partial charge is 0.407 e. The largest absolute Gasteiger partial charge is 0.496 e. The van der Waals surface area contributed by atoms with Crippen LogP contribution < -0.4 is 10.1 Å². The van der Waals surface area contributed by atoms with Crippen LogP contribution in [-0.4, -0.2) is 46.2 Å². The Morgan fingerprint density at radius 2 is 1.86 bits per heavy atom. The van der Waals surface area contributed by atoms with Gasteiger partial charge in [0.25, 0.3) is 0 Å². The molecule has 2 aromatic carbocycles. The van der Waals surface area contributed by atoms with Gasteiger partial charge in [0, 0.05) is 29.8 Å². The number of carboxylic acid groups (broad SMARTS) is 1. The highest BCUT2D eigenvalue weighted by molar-refractivity contribution is 5.91. The van der Waals surface area contributed by atoms with Crippen LogP contribution in [0.5, 0.6) is 5.75 Å². The summed E-state index contributed by atoms with van der Waals surface area (Å²) in [5.41, 5.74) is 3.24. The Hall–Kier alpha value is -3.95. The number of fused-ring (bicyclic) bond motifs is 3. The van der Waals surface area contributed by atoms with Crippen molar-refractivity contribution in [3.8, 4) is 28.1 Å². The van der Waals surface area contributed by atoms with Crippen molar-refractivity contribution in [2.45, 2.75) is 52.2 Å². The molecular formula is C27H29F2N3O5. The maximum atomic E-state index is 14.0. The van der Waals surface area contributed by atoms with E-state index in [1.165, 1.54) is 17.9 Å². The summed E-state index contributed by atoms with van der Waals surface area (Å²) in [5, 5.41) is 17.2. The van der Waals surface area contributed by atoms with Crippen LogP contribution in [0.15, 0.2) is 30.3 Å². The van der Waals surface area contributed by atoms with Crippen LogP contribution >= 0.6 is 0 Å². The number of benzene rings is 2. The summed E-state index contributed by atoms with van der Waals surface area (Å²) < 4.78 is 39.7. The van der Waals surface area contributed by atoms with E-state index in [0.717, 1.165) is 23.3 Å². The Labute approximate surface area is 213 Å². The number of aromatic carboxylic acids is 1. The normalized spacial score (nSPS) is 12.5. The van der Waals surface area contributed by atoms with Gasteiger partial charge >= 0.3 is 12.1 Å². The number of carbonyl (C=O) groups is 2. The maximum absolute atomic E-state index is 14.0. The molecule has 37 heavy (non-hydrogen) atoms. The molecule has 2 N–H and O–H groups in total. The lowest BCUT2D eigenvalue weighted by molar-refractivity contribution is 0.0524. The standard InChI is InChI=1S/C27H29F2N3O5/c1-27(2,3)37-26(35)30-10-5-11-32-24(25(33)34)17-8-6-16-13-22(36-4)18(14-19(16)23(17)31-32)15-7-9-20(28)21(29)12-15/h7,9,12-14H,5-6,8,10-11H2,1-4H3,(H,30,35)(H,33,34). The fraction of sp³-hybridized carbons (Fsp3) is 0.370. The van der Waals surface area contributed by atoms with Gasteiger partial charge in [0.05, 0.1) is 12.8 Å². The zero-order valence-corrected chi connectivity index (χ0v) is 21.2. The third kappa shape index (κ3) is 5.58. The number of hydrogen-bond donors (Lipinski definition) is 2. The van der Waals surface area contributed by atoms with Gasteiger partial charge in [-0.1, -0.05) is 6.07 Å². The van der Waals surface area contributed by atoms with Crippen molar-refractivity contribution in [1.82, 2.24) is 15.1 Å². The van der Waals surface area contributed by atoms with Crippen LogP contribution in [0.1, 0.15) is 48.8 Å². The van der Waals surface area contributed by atoms with Crippen LogP contribution in [0.2, 0.25) is 0 Å². The molecule has 0 fully saturated rings. The van der Waals surface area contributed by atoms with E-state index in [9.17, 15) is 23.5 Å². The summed E-state index contributed by atoms with van der Waals surface area (Å²) in [6.45, 7) is 5.86. The lowest BCUT2D eigenvalue weighted by Gasteiger charge is -2.19. The SMILES string of the molecule is COc1cc2c(cc1-c1ccc(F)c(F)c1)-c1nn(CCCNC(=O)OC(C)(C)C)c(C(=O)O)c1CC2. The minimum atomic E-state index is -1.09. The molecular weight excluding hydrogens is 484 g/mol. The maximum Gasteiger partial charge on any atom is 0.407 e. The molecule has 1 aliphatic rings. The van der Waals surface area contributed by atoms with Gasteiger partial charge in [0.1, 0.15) is 17.0 Å². The van der Waals surface area contributed by atoms with Crippen molar-refractivity contribution in [2.24, 2.45) is 0 Å². The first kappa shape index (κ1) is 26.1. The van der Waals surface area contributed by atoms with E-state index in [0.29, 0.717) is 47.4 Å². The molecule has 196 valence electrons. The topological polar surface area (TPSA) is 103 Å². The molecule has 0 saturated heterocycles. The summed E-state index contributed by atoms with van der Waals surface area (Å²) in [6, 6.07) is 7.23. The second-order valence-electron chi connectivity index (χ2n) is 9.82. The Morgan fingerprint density at radius 3 is 2.51 bits per heavy atom. The Balaban J connectivity index is 1.65. The molecule has 0 aliphatic heterocycles. The van der Waals surface area contributed by atoms with Gasteiger partial charge in [0.2, 0.25) is 0 Å². The van der Waals surface area contributed by atoms with E-state index in [-0.39, 0.29) is 18.8 Å². The Morgan fingerprint density at radius 1 is 1.11 bits per heavy atom. The number of nitrogens with zero attached hydrogens (tertiary/aromatic N) is 2. The predicted octanol–water partition coefficient (Wildman–Crippen LogP) is 5.22. The zero-order chi connectivity index (χ0) is 26.9. The molecule has 1 aliphatic carbocycles. The van der Waals surface area contributed by atoms with Gasteiger partial charge in [-0.25, -0.2) is 18.4 Å². The second kappa shape index (κ2) is 10.2. The third-order valence-corrected chi connectivity index (χ3v) is 6.02. The zero-order valence-electron chi connectivity index (χ0n) is 21.2. The summed E-state index contributed by atoms with van der Waals surface area (Å²) >= 11 is 0. The van der Waals surface area contributed by atoms with E-state index in [1.54, 1.807) is 26.8 Å². The molecule has 0 unspecified atom stereocenters. The molecule has 0 bridgehead atoms. The molecule has 1 amide bonds. The number of methoxy groups -OCH3 is 1. The number of aryl methyl sites for hydroxylation is 2. The second-order valence-corrected chi connectivity index (χ2v) is 9.82. The van der Waals surface area contributed by atoms with Gasteiger partial charge in [-0.05, 0) is 75.4 Å². The van der Waals surface area contributed by atoms with Crippen molar-refractivity contribution >= 4 is 12.1 Å². The lowest BCUT2D eigenvalue weighted by Crippen LogP contribution is -2.33. The monoisotopic (exact) mass is 513 g/mol. The van der Waals surface area contributed by atoms with Gasteiger partial charge in [-0.15, -0.1) is 0 Å². The first-order valence-electron chi connectivity index (χ1n) is 11.9. The minimum absolute atomic E-state index is 0.100. The summed E-state index contributed by atoms with van der Waals surface area (Å²) in [5.74, 6) is -2.52. The fourth-order valence-corrected chi connectivity index (χ4v) is 4.45. The first-order valence-corrected chi connectivity index (χ1v) is 11.9. The summed E-state index contributed by atoms with van der Waals surface area (Å²) in [7, 11) is 1.50. The Kier molecular flexibility index (Phi) is 7.20.